The summed E-state index contributed by atoms with van der Waals surface area (Å²) in [6, 6.07) is 0.436. The van der Waals surface area contributed by atoms with Crippen molar-refractivity contribution in [3.8, 4) is 0 Å². The topological polar surface area (TPSA) is 23.6 Å². The van der Waals surface area contributed by atoms with Crippen molar-refractivity contribution in [3.63, 3.8) is 0 Å². The third-order valence-corrected chi connectivity index (χ3v) is 2.94. The summed E-state index contributed by atoms with van der Waals surface area (Å²) in [5.41, 5.74) is -3.34. The molecule has 0 fully saturated rings. The molecule has 0 bridgehead atoms. The van der Waals surface area contributed by atoms with Gasteiger partial charge in [0.25, 0.3) is 0 Å². The summed E-state index contributed by atoms with van der Waals surface area (Å²) in [6.45, 7) is 1.66. The van der Waals surface area contributed by atoms with E-state index in [0.717, 1.165) is 9.80 Å². The molecule has 1 rings (SSSR count). The van der Waals surface area contributed by atoms with E-state index in [4.69, 9.17) is 0 Å². The van der Waals surface area contributed by atoms with Crippen LogP contribution in [0.4, 0.5) is 36.8 Å². The van der Waals surface area contributed by atoms with Crippen LogP contribution in [-0.4, -0.2) is 31.6 Å². The third-order valence-electron chi connectivity index (χ3n) is 2.94. The van der Waals surface area contributed by atoms with Gasteiger partial charge in [-0.15, -0.1) is 0 Å². The molecule has 0 heterocycles. The molecule has 0 aliphatic carbocycles. The first-order chi connectivity index (χ1) is 10.4. The minimum atomic E-state index is -4.95. The Balaban J connectivity index is 3.51. The van der Waals surface area contributed by atoms with E-state index in [1.807, 2.05) is 0 Å². The van der Waals surface area contributed by atoms with Crippen molar-refractivity contribution in [2.75, 3.05) is 25.5 Å². The Hall–Kier alpha value is -1.93. The smallest absolute Gasteiger partial charge is 0.330 e. The Morgan fingerprint density at radius 1 is 0.957 bits per heavy atom. The monoisotopic (exact) mass is 342 g/mol. The van der Waals surface area contributed by atoms with E-state index in [2.05, 4.69) is 0 Å². The van der Waals surface area contributed by atoms with Gasteiger partial charge in [-0.1, -0.05) is 6.92 Å². The maximum absolute atomic E-state index is 12.9. The van der Waals surface area contributed by atoms with Crippen molar-refractivity contribution in [1.29, 1.82) is 0 Å². The van der Waals surface area contributed by atoms with E-state index in [9.17, 15) is 31.1 Å². The number of alkyl halides is 6. The van der Waals surface area contributed by atoms with Crippen LogP contribution < -0.4 is 4.90 Å². The molecule has 0 atom stereocenters. The van der Waals surface area contributed by atoms with Gasteiger partial charge in [0.05, 0.1) is 11.1 Å². The second-order valence-electron chi connectivity index (χ2n) is 5.09. The summed E-state index contributed by atoms with van der Waals surface area (Å²) in [4.78, 5) is 14.0. The Labute approximate surface area is 129 Å². The molecule has 0 radical (unpaired) electrons. The maximum Gasteiger partial charge on any atom is 0.416 e. The first kappa shape index (κ1) is 19.1. The highest BCUT2D eigenvalue weighted by Gasteiger charge is 2.37. The zero-order chi connectivity index (χ0) is 18.0. The summed E-state index contributed by atoms with van der Waals surface area (Å²) in [6.07, 6.45) is -9.53. The zero-order valence-corrected chi connectivity index (χ0v) is 12.7. The van der Waals surface area contributed by atoms with Crippen molar-refractivity contribution < 1.29 is 31.1 Å². The van der Waals surface area contributed by atoms with Crippen molar-refractivity contribution in [2.24, 2.45) is 0 Å². The molecule has 23 heavy (non-hydrogen) atoms. The van der Waals surface area contributed by atoms with Gasteiger partial charge in [0.2, 0.25) is 0 Å². The summed E-state index contributed by atoms with van der Waals surface area (Å²) in [5.74, 6) is 0. The minimum absolute atomic E-state index is 0.00434. The fourth-order valence-corrected chi connectivity index (χ4v) is 1.89. The minimum Gasteiger partial charge on any atom is -0.330 e. The quantitative estimate of drug-likeness (QED) is 0.735. The third kappa shape index (κ3) is 4.77. The van der Waals surface area contributed by atoms with Gasteiger partial charge in [-0.3, -0.25) is 4.90 Å². The lowest BCUT2D eigenvalue weighted by molar-refractivity contribution is -0.143. The first-order valence-electron chi connectivity index (χ1n) is 6.66. The number of halogens is 6. The summed E-state index contributed by atoms with van der Waals surface area (Å²) >= 11 is 0. The molecule has 0 spiro atoms. The number of rotatable bonds is 3. The number of benzene rings is 1. The van der Waals surface area contributed by atoms with Crippen LogP contribution in [0.5, 0.6) is 0 Å². The van der Waals surface area contributed by atoms with E-state index < -0.39 is 35.2 Å². The van der Waals surface area contributed by atoms with Crippen LogP contribution in [0.25, 0.3) is 0 Å². The van der Waals surface area contributed by atoms with Crippen LogP contribution in [0.1, 0.15) is 24.5 Å². The average molecular weight is 342 g/mol. The van der Waals surface area contributed by atoms with Crippen LogP contribution in [0.2, 0.25) is 0 Å². The molecular weight excluding hydrogens is 326 g/mol. The van der Waals surface area contributed by atoms with Gasteiger partial charge in [0, 0.05) is 26.3 Å². The maximum atomic E-state index is 12.9. The lowest BCUT2D eigenvalue weighted by Crippen LogP contribution is -2.40. The SMILES string of the molecule is CCCN(C(=O)N(C)C)c1cc(C(F)(F)F)cc(C(F)(F)F)c1. The molecule has 0 aliphatic rings. The van der Waals surface area contributed by atoms with E-state index in [1.54, 1.807) is 6.92 Å². The molecule has 1 aromatic carbocycles. The fourth-order valence-electron chi connectivity index (χ4n) is 1.89. The standard InChI is InChI=1S/C14H16F6N2O/c1-4-5-22(12(23)21(2)3)11-7-9(13(15,16)17)6-10(8-11)14(18,19)20/h6-8H,4-5H2,1-3H3. The fraction of sp³-hybridized carbons (Fsp3) is 0.500. The number of carbonyl (C=O) groups excluding carboxylic acids is 1. The molecule has 0 saturated carbocycles. The molecule has 0 aromatic heterocycles. The van der Waals surface area contributed by atoms with Crippen LogP contribution in [-0.2, 0) is 12.4 Å². The van der Waals surface area contributed by atoms with Gasteiger partial charge in [-0.2, -0.15) is 26.3 Å². The van der Waals surface area contributed by atoms with Crippen LogP contribution in [0.3, 0.4) is 0 Å². The van der Waals surface area contributed by atoms with Gasteiger partial charge in [-0.25, -0.2) is 4.79 Å². The average Bonchev–Trinajstić information content (AvgIpc) is 2.41. The van der Waals surface area contributed by atoms with Crippen molar-refractivity contribution >= 4 is 11.7 Å². The van der Waals surface area contributed by atoms with Crippen molar-refractivity contribution in [3.05, 3.63) is 29.3 Å². The van der Waals surface area contributed by atoms with E-state index in [-0.39, 0.29) is 12.6 Å². The van der Waals surface area contributed by atoms with Crippen LogP contribution in [0, 0.1) is 0 Å². The van der Waals surface area contributed by atoms with E-state index >= 15 is 0 Å². The Kier molecular flexibility index (Phi) is 5.55. The lowest BCUT2D eigenvalue weighted by Gasteiger charge is -2.27. The van der Waals surface area contributed by atoms with Crippen molar-refractivity contribution in [1.82, 2.24) is 4.90 Å². The lowest BCUT2D eigenvalue weighted by atomic mass is 10.1. The highest BCUT2D eigenvalue weighted by molar-refractivity contribution is 5.91. The molecule has 0 saturated heterocycles. The molecule has 1 aromatic rings. The molecule has 0 aliphatic heterocycles. The largest absolute Gasteiger partial charge is 0.416 e. The van der Waals surface area contributed by atoms with Gasteiger partial charge in [-0.05, 0) is 24.6 Å². The molecule has 0 N–H and O–H groups in total. The number of carbonyl (C=O) groups is 1. The zero-order valence-electron chi connectivity index (χ0n) is 12.7. The Morgan fingerprint density at radius 2 is 1.39 bits per heavy atom. The molecule has 9 heteroatoms. The second kappa shape index (κ2) is 6.67. The van der Waals surface area contributed by atoms with Crippen molar-refractivity contribution in [2.45, 2.75) is 25.7 Å². The van der Waals surface area contributed by atoms with Crippen LogP contribution in [0.15, 0.2) is 18.2 Å². The predicted molar refractivity (Wildman–Crippen MR) is 73.2 cm³/mol. The number of amides is 2. The summed E-state index contributed by atoms with van der Waals surface area (Å²) in [5, 5.41) is 0. The number of urea groups is 1. The highest BCUT2D eigenvalue weighted by Crippen LogP contribution is 2.38. The number of nitrogens with zero attached hydrogens (tertiary/aromatic N) is 2. The van der Waals surface area contributed by atoms with E-state index in [0.29, 0.717) is 18.6 Å². The molecular formula is C14H16F6N2O. The molecule has 0 unspecified atom stereocenters. The molecule has 2 amide bonds. The molecule has 3 nitrogen and oxygen atoms in total. The number of hydrogen-bond acceptors (Lipinski definition) is 1. The Bertz CT molecular complexity index is 533. The van der Waals surface area contributed by atoms with Crippen LogP contribution >= 0.6 is 0 Å². The summed E-state index contributed by atoms with van der Waals surface area (Å²) < 4.78 is 77.2. The van der Waals surface area contributed by atoms with Gasteiger partial charge in [0.15, 0.2) is 0 Å². The molecule has 130 valence electrons. The predicted octanol–water partition coefficient (Wildman–Crippen LogP) is 4.62. The number of hydrogen-bond donors (Lipinski definition) is 0. The number of anilines is 1. The van der Waals surface area contributed by atoms with E-state index in [1.165, 1.54) is 14.1 Å². The second-order valence-corrected chi connectivity index (χ2v) is 5.09. The Morgan fingerprint density at radius 3 is 1.70 bits per heavy atom. The van der Waals surface area contributed by atoms with Gasteiger partial charge < -0.3 is 4.90 Å². The summed E-state index contributed by atoms with van der Waals surface area (Å²) in [7, 11) is 2.73. The normalized spacial score (nSPS) is 12.2. The highest BCUT2D eigenvalue weighted by atomic mass is 19.4. The van der Waals surface area contributed by atoms with Gasteiger partial charge >= 0.3 is 18.4 Å². The first-order valence-corrected chi connectivity index (χ1v) is 6.66. The van der Waals surface area contributed by atoms with Gasteiger partial charge in [0.1, 0.15) is 0 Å².